The highest BCUT2D eigenvalue weighted by Crippen LogP contribution is 2.11. The summed E-state index contributed by atoms with van der Waals surface area (Å²) in [4.78, 5) is 8.00. The number of nitrogens with one attached hydrogen (secondary N) is 1. The van der Waals surface area contributed by atoms with Gasteiger partial charge in [0.05, 0.1) is 5.75 Å². The zero-order valence-electron chi connectivity index (χ0n) is 9.18. The number of nitrogens with zero attached hydrogens (tertiary/aromatic N) is 2. The summed E-state index contributed by atoms with van der Waals surface area (Å²) in [6, 6.07) is 1.49. The van der Waals surface area contributed by atoms with Gasteiger partial charge in [0.25, 0.3) is 0 Å². The lowest BCUT2D eigenvalue weighted by Gasteiger charge is -2.06. The van der Waals surface area contributed by atoms with E-state index in [2.05, 4.69) is 15.3 Å². The van der Waals surface area contributed by atoms with Crippen LogP contribution >= 0.6 is 11.6 Å². The van der Waals surface area contributed by atoms with Crippen LogP contribution in [0.3, 0.4) is 0 Å². The molecule has 1 aromatic rings. The van der Waals surface area contributed by atoms with Gasteiger partial charge in [0, 0.05) is 19.7 Å². The summed E-state index contributed by atoms with van der Waals surface area (Å²) in [7, 11) is -1.98. The minimum Gasteiger partial charge on any atom is -0.377 e. The molecular weight excluding hydrogens is 268 g/mol. The lowest BCUT2D eigenvalue weighted by Crippen LogP contribution is -2.22. The van der Waals surface area contributed by atoms with Crippen LogP contribution in [0.2, 0.25) is 5.15 Å². The van der Waals surface area contributed by atoms with E-state index < -0.39 is 10.0 Å². The summed E-state index contributed by atoms with van der Waals surface area (Å²) in [6.45, 7) is 0.378. The maximum Gasteiger partial charge on any atom is 0.210 e. The quantitative estimate of drug-likeness (QED) is 0.709. The third-order valence-corrected chi connectivity index (χ3v) is 2.67. The highest BCUT2D eigenvalue weighted by atomic mass is 35.5. The number of hydrogen-bond acceptors (Lipinski definition) is 6. The third kappa shape index (κ3) is 5.78. The van der Waals surface area contributed by atoms with Crippen molar-refractivity contribution in [1.29, 1.82) is 0 Å². The second-order valence-corrected chi connectivity index (χ2v) is 5.34. The summed E-state index contributed by atoms with van der Waals surface area (Å²) in [5.74, 6) is 0.660. The number of hydrogen-bond donors (Lipinski definition) is 2. The van der Waals surface area contributed by atoms with E-state index in [9.17, 15) is 8.42 Å². The SMILES string of the molecule is COCc1nc(Cl)cc(NCCS(N)(=O)=O)n1. The predicted molar refractivity (Wildman–Crippen MR) is 64.2 cm³/mol. The Morgan fingerprint density at radius 2 is 2.24 bits per heavy atom. The minimum absolute atomic E-state index is 0.151. The molecule has 0 fully saturated rings. The molecule has 0 aromatic carbocycles. The topological polar surface area (TPSA) is 107 Å². The summed E-state index contributed by atoms with van der Waals surface area (Å²) in [5.41, 5.74) is 0. The van der Waals surface area contributed by atoms with E-state index in [1.165, 1.54) is 13.2 Å². The first kappa shape index (κ1) is 14.1. The number of halogens is 1. The second-order valence-electron chi connectivity index (χ2n) is 3.22. The van der Waals surface area contributed by atoms with E-state index in [0.29, 0.717) is 11.6 Å². The van der Waals surface area contributed by atoms with Crippen molar-refractivity contribution in [2.75, 3.05) is 24.7 Å². The van der Waals surface area contributed by atoms with Gasteiger partial charge in [-0.1, -0.05) is 11.6 Å². The smallest absolute Gasteiger partial charge is 0.210 e. The van der Waals surface area contributed by atoms with Crippen molar-refractivity contribution >= 4 is 27.4 Å². The van der Waals surface area contributed by atoms with Crippen LogP contribution in [0, 0.1) is 0 Å². The van der Waals surface area contributed by atoms with E-state index in [1.54, 1.807) is 0 Å². The van der Waals surface area contributed by atoms with Gasteiger partial charge in [-0.2, -0.15) is 0 Å². The molecule has 0 amide bonds. The Balaban J connectivity index is 2.64. The molecular formula is C8H13ClN4O3S. The Morgan fingerprint density at radius 3 is 2.82 bits per heavy atom. The number of ether oxygens (including phenoxy) is 1. The van der Waals surface area contributed by atoms with Gasteiger partial charge in [-0.3, -0.25) is 0 Å². The van der Waals surface area contributed by atoms with Crippen molar-refractivity contribution in [3.8, 4) is 0 Å². The Bertz CT molecular complexity index is 480. The molecule has 96 valence electrons. The Kier molecular flexibility index (Phi) is 5.06. The van der Waals surface area contributed by atoms with Crippen molar-refractivity contribution in [2.24, 2.45) is 5.14 Å². The first-order valence-corrected chi connectivity index (χ1v) is 6.77. The Labute approximate surface area is 104 Å². The van der Waals surface area contributed by atoms with Crippen molar-refractivity contribution < 1.29 is 13.2 Å². The average Bonchev–Trinajstić information content (AvgIpc) is 2.15. The van der Waals surface area contributed by atoms with Gasteiger partial charge in [0.1, 0.15) is 17.6 Å². The maximum absolute atomic E-state index is 10.7. The zero-order valence-corrected chi connectivity index (χ0v) is 10.8. The van der Waals surface area contributed by atoms with Crippen LogP contribution in [0.25, 0.3) is 0 Å². The first-order chi connectivity index (χ1) is 7.90. The molecule has 0 radical (unpaired) electrons. The standard InChI is InChI=1S/C8H13ClN4O3S/c1-16-5-8-12-6(9)4-7(13-8)11-2-3-17(10,14)15/h4H,2-3,5H2,1H3,(H2,10,14,15)(H,11,12,13). The molecule has 0 spiro atoms. The van der Waals surface area contributed by atoms with E-state index >= 15 is 0 Å². The molecule has 0 aliphatic carbocycles. The molecule has 1 rings (SSSR count). The highest BCUT2D eigenvalue weighted by Gasteiger charge is 2.05. The summed E-state index contributed by atoms with van der Waals surface area (Å²) in [6.07, 6.45) is 0. The number of nitrogens with two attached hydrogens (primary N) is 1. The van der Waals surface area contributed by atoms with Crippen molar-refractivity contribution in [3.05, 3.63) is 17.0 Å². The van der Waals surface area contributed by atoms with Crippen molar-refractivity contribution in [1.82, 2.24) is 9.97 Å². The molecule has 1 aromatic heterocycles. The Hall–Kier alpha value is -0.960. The monoisotopic (exact) mass is 280 g/mol. The molecule has 9 heteroatoms. The maximum atomic E-state index is 10.7. The number of sulfonamides is 1. The molecule has 17 heavy (non-hydrogen) atoms. The molecule has 0 bridgehead atoms. The van der Waals surface area contributed by atoms with Crippen LogP contribution in [0.15, 0.2) is 6.07 Å². The van der Waals surface area contributed by atoms with Crippen LogP contribution in [-0.2, 0) is 21.4 Å². The van der Waals surface area contributed by atoms with Crippen molar-refractivity contribution in [2.45, 2.75) is 6.61 Å². The third-order valence-electron chi connectivity index (χ3n) is 1.71. The van der Waals surface area contributed by atoms with E-state index in [0.717, 1.165) is 0 Å². The van der Waals surface area contributed by atoms with Crippen LogP contribution in [-0.4, -0.2) is 37.8 Å². The van der Waals surface area contributed by atoms with Gasteiger partial charge >= 0.3 is 0 Å². The Morgan fingerprint density at radius 1 is 1.53 bits per heavy atom. The van der Waals surface area contributed by atoms with Gasteiger partial charge in [-0.05, 0) is 0 Å². The van der Waals surface area contributed by atoms with Crippen LogP contribution < -0.4 is 10.5 Å². The summed E-state index contributed by atoms with van der Waals surface area (Å²) >= 11 is 5.76. The molecule has 0 aliphatic heterocycles. The van der Waals surface area contributed by atoms with Gasteiger partial charge in [-0.15, -0.1) is 0 Å². The van der Waals surface area contributed by atoms with Crippen LogP contribution in [0.5, 0.6) is 0 Å². The molecule has 0 saturated carbocycles. The molecule has 0 unspecified atom stereocenters. The van der Waals surface area contributed by atoms with E-state index in [4.69, 9.17) is 21.5 Å². The van der Waals surface area contributed by atoms with Crippen molar-refractivity contribution in [3.63, 3.8) is 0 Å². The highest BCUT2D eigenvalue weighted by molar-refractivity contribution is 7.89. The number of methoxy groups -OCH3 is 1. The van der Waals surface area contributed by atoms with Gasteiger partial charge in [0.15, 0.2) is 5.82 Å². The van der Waals surface area contributed by atoms with Gasteiger partial charge in [0.2, 0.25) is 10.0 Å². The lowest BCUT2D eigenvalue weighted by atomic mass is 10.5. The molecule has 0 saturated heterocycles. The van der Waals surface area contributed by atoms with E-state index in [-0.39, 0.29) is 24.1 Å². The molecule has 3 N–H and O–H groups in total. The predicted octanol–water partition coefficient (Wildman–Crippen LogP) is -0.0232. The number of anilines is 1. The minimum atomic E-state index is -3.49. The van der Waals surface area contributed by atoms with Gasteiger partial charge in [-0.25, -0.2) is 23.5 Å². The van der Waals surface area contributed by atoms with Crippen LogP contribution in [0.1, 0.15) is 5.82 Å². The second kappa shape index (κ2) is 6.10. The fourth-order valence-corrected chi connectivity index (χ4v) is 1.66. The molecule has 1 heterocycles. The molecule has 0 aliphatic rings. The molecule has 7 nitrogen and oxygen atoms in total. The average molecular weight is 281 g/mol. The van der Waals surface area contributed by atoms with E-state index in [1.807, 2.05) is 0 Å². The number of aromatic nitrogens is 2. The first-order valence-electron chi connectivity index (χ1n) is 4.67. The zero-order chi connectivity index (χ0) is 12.9. The molecule has 0 atom stereocenters. The fraction of sp³-hybridized carbons (Fsp3) is 0.500. The fourth-order valence-electron chi connectivity index (χ4n) is 1.07. The summed E-state index contributed by atoms with van der Waals surface area (Å²) < 4.78 is 26.3. The van der Waals surface area contributed by atoms with Crippen LogP contribution in [0.4, 0.5) is 5.82 Å². The summed E-state index contributed by atoms with van der Waals surface area (Å²) in [5, 5.41) is 7.91. The van der Waals surface area contributed by atoms with Gasteiger partial charge < -0.3 is 10.1 Å². The normalized spacial score (nSPS) is 11.5. The number of primary sulfonamides is 1. The largest absolute Gasteiger partial charge is 0.377 e. The lowest BCUT2D eigenvalue weighted by molar-refractivity contribution is 0.178. The number of rotatable bonds is 6.